The van der Waals surface area contributed by atoms with Crippen LogP contribution in [-0.4, -0.2) is 41.3 Å². The van der Waals surface area contributed by atoms with Crippen molar-refractivity contribution >= 4 is 11.9 Å². The molecule has 0 aliphatic carbocycles. The van der Waals surface area contributed by atoms with Gasteiger partial charge in [-0.25, -0.2) is 9.18 Å². The normalized spacial score (nSPS) is 21.0. The van der Waals surface area contributed by atoms with Gasteiger partial charge in [0.25, 0.3) is 5.91 Å². The van der Waals surface area contributed by atoms with E-state index in [9.17, 15) is 19.1 Å². The SMILES string of the molecule is CC(C)(C)OC(=O)[C@@]1(NC(=O)c2ccc(O)c(F)c2)CCOC1. The number of nitrogens with one attached hydrogen (secondary N) is 1. The molecule has 1 amide bonds. The Bertz CT molecular complexity index is 617. The van der Waals surface area contributed by atoms with Crippen LogP contribution in [0.3, 0.4) is 0 Å². The largest absolute Gasteiger partial charge is 0.505 e. The zero-order chi connectivity index (χ0) is 17.3. The van der Waals surface area contributed by atoms with Gasteiger partial charge in [-0.05, 0) is 39.0 Å². The van der Waals surface area contributed by atoms with Crippen molar-refractivity contribution in [1.29, 1.82) is 0 Å². The summed E-state index contributed by atoms with van der Waals surface area (Å²) in [4.78, 5) is 24.8. The van der Waals surface area contributed by atoms with Gasteiger partial charge in [0, 0.05) is 18.6 Å². The fourth-order valence-electron chi connectivity index (χ4n) is 2.19. The average Bonchev–Trinajstić information content (AvgIpc) is 2.89. The van der Waals surface area contributed by atoms with E-state index in [-0.39, 0.29) is 18.6 Å². The van der Waals surface area contributed by atoms with Gasteiger partial charge < -0.3 is 19.9 Å². The minimum absolute atomic E-state index is 0.00451. The molecular formula is C16H20FNO5. The lowest BCUT2D eigenvalue weighted by molar-refractivity contribution is -0.162. The summed E-state index contributed by atoms with van der Waals surface area (Å²) in [7, 11) is 0. The zero-order valence-electron chi connectivity index (χ0n) is 13.3. The van der Waals surface area contributed by atoms with E-state index in [0.29, 0.717) is 6.61 Å². The topological polar surface area (TPSA) is 84.9 Å². The maximum atomic E-state index is 13.4. The third-order valence-corrected chi connectivity index (χ3v) is 3.37. The third kappa shape index (κ3) is 3.98. The molecule has 6 nitrogen and oxygen atoms in total. The number of carbonyl (C=O) groups excluding carboxylic acids is 2. The number of phenolic OH excluding ortho intramolecular Hbond substituents is 1. The zero-order valence-corrected chi connectivity index (χ0v) is 13.3. The molecule has 23 heavy (non-hydrogen) atoms. The van der Waals surface area contributed by atoms with Gasteiger partial charge in [-0.15, -0.1) is 0 Å². The Labute approximate surface area is 133 Å². The molecular weight excluding hydrogens is 305 g/mol. The Kier molecular flexibility index (Phi) is 4.61. The van der Waals surface area contributed by atoms with Crippen molar-refractivity contribution in [3.63, 3.8) is 0 Å². The summed E-state index contributed by atoms with van der Waals surface area (Å²) in [6, 6.07) is 3.26. The lowest BCUT2D eigenvalue weighted by Gasteiger charge is -2.30. The summed E-state index contributed by atoms with van der Waals surface area (Å²) >= 11 is 0. The first kappa shape index (κ1) is 17.2. The molecule has 1 heterocycles. The Morgan fingerprint density at radius 3 is 2.61 bits per heavy atom. The number of phenols is 1. The molecule has 0 radical (unpaired) electrons. The van der Waals surface area contributed by atoms with Crippen molar-refractivity contribution in [3.05, 3.63) is 29.6 Å². The molecule has 0 spiro atoms. The second-order valence-corrected chi connectivity index (χ2v) is 6.51. The van der Waals surface area contributed by atoms with E-state index in [1.54, 1.807) is 20.8 Å². The lowest BCUT2D eigenvalue weighted by Crippen LogP contribution is -2.57. The molecule has 1 aliphatic rings. The number of benzene rings is 1. The monoisotopic (exact) mass is 325 g/mol. The number of halogens is 1. The fourth-order valence-corrected chi connectivity index (χ4v) is 2.19. The standard InChI is InChI=1S/C16H20FNO5/c1-15(2,3)23-14(21)16(6-7-22-9-16)18-13(20)10-4-5-12(19)11(17)8-10/h4-5,8,19H,6-7,9H2,1-3H3,(H,18,20)/t16-/m1/s1. The number of esters is 1. The highest BCUT2D eigenvalue weighted by atomic mass is 19.1. The van der Waals surface area contributed by atoms with Gasteiger partial charge in [-0.2, -0.15) is 0 Å². The minimum atomic E-state index is -1.29. The molecule has 1 aromatic rings. The van der Waals surface area contributed by atoms with Crippen molar-refractivity contribution < 1.29 is 28.6 Å². The van der Waals surface area contributed by atoms with Crippen LogP contribution >= 0.6 is 0 Å². The molecule has 1 saturated heterocycles. The highest BCUT2D eigenvalue weighted by molar-refractivity contribution is 5.98. The molecule has 0 aromatic heterocycles. The summed E-state index contributed by atoms with van der Waals surface area (Å²) in [6.45, 7) is 5.49. The molecule has 1 fully saturated rings. The summed E-state index contributed by atoms with van der Waals surface area (Å²) < 4.78 is 24.0. The number of rotatable bonds is 3. The third-order valence-electron chi connectivity index (χ3n) is 3.37. The van der Waals surface area contributed by atoms with Gasteiger partial charge in [0.05, 0.1) is 6.61 Å². The number of hydrogen-bond acceptors (Lipinski definition) is 5. The van der Waals surface area contributed by atoms with Crippen LogP contribution in [0.4, 0.5) is 4.39 Å². The Hall–Kier alpha value is -2.15. The number of hydrogen-bond donors (Lipinski definition) is 2. The number of amides is 1. The van der Waals surface area contributed by atoms with E-state index in [0.717, 1.165) is 12.1 Å². The summed E-state index contributed by atoms with van der Waals surface area (Å²) in [5, 5.41) is 11.8. The van der Waals surface area contributed by atoms with E-state index in [1.807, 2.05) is 0 Å². The summed E-state index contributed by atoms with van der Waals surface area (Å²) in [5.74, 6) is -2.69. The first-order chi connectivity index (χ1) is 10.6. The van der Waals surface area contributed by atoms with Gasteiger partial charge in [-0.1, -0.05) is 0 Å². The molecule has 126 valence electrons. The quantitative estimate of drug-likeness (QED) is 0.827. The van der Waals surface area contributed by atoms with E-state index >= 15 is 0 Å². The Morgan fingerprint density at radius 2 is 2.09 bits per heavy atom. The minimum Gasteiger partial charge on any atom is -0.505 e. The van der Waals surface area contributed by atoms with Gasteiger partial charge in [-0.3, -0.25) is 4.79 Å². The van der Waals surface area contributed by atoms with Crippen molar-refractivity contribution in [2.75, 3.05) is 13.2 Å². The van der Waals surface area contributed by atoms with Crippen molar-refractivity contribution in [2.24, 2.45) is 0 Å². The molecule has 7 heteroatoms. The van der Waals surface area contributed by atoms with Crippen molar-refractivity contribution in [2.45, 2.75) is 38.3 Å². The Morgan fingerprint density at radius 1 is 1.39 bits per heavy atom. The molecule has 1 atom stereocenters. The Balaban J connectivity index is 2.20. The number of aromatic hydroxyl groups is 1. The van der Waals surface area contributed by atoms with Crippen LogP contribution in [0.5, 0.6) is 5.75 Å². The van der Waals surface area contributed by atoms with Gasteiger partial charge in [0.15, 0.2) is 17.1 Å². The maximum Gasteiger partial charge on any atom is 0.334 e. The van der Waals surface area contributed by atoms with Crippen LogP contribution in [0.2, 0.25) is 0 Å². The molecule has 1 aliphatic heterocycles. The molecule has 0 bridgehead atoms. The molecule has 0 saturated carbocycles. The lowest BCUT2D eigenvalue weighted by atomic mass is 9.97. The van der Waals surface area contributed by atoms with Gasteiger partial charge in [0.2, 0.25) is 0 Å². The fraction of sp³-hybridized carbons (Fsp3) is 0.500. The maximum absolute atomic E-state index is 13.4. The van der Waals surface area contributed by atoms with E-state index in [2.05, 4.69) is 5.32 Å². The van der Waals surface area contributed by atoms with E-state index in [1.165, 1.54) is 6.07 Å². The molecule has 0 unspecified atom stereocenters. The molecule has 1 aromatic carbocycles. The van der Waals surface area contributed by atoms with Gasteiger partial charge in [0.1, 0.15) is 5.60 Å². The summed E-state index contributed by atoms with van der Waals surface area (Å²) in [6.07, 6.45) is 0.272. The second-order valence-electron chi connectivity index (χ2n) is 6.51. The first-order valence-electron chi connectivity index (χ1n) is 7.25. The van der Waals surface area contributed by atoms with Crippen LogP contribution in [0.1, 0.15) is 37.6 Å². The van der Waals surface area contributed by atoms with Crippen LogP contribution < -0.4 is 5.32 Å². The van der Waals surface area contributed by atoms with Crippen molar-refractivity contribution in [3.8, 4) is 5.75 Å². The van der Waals surface area contributed by atoms with Gasteiger partial charge >= 0.3 is 5.97 Å². The first-order valence-corrected chi connectivity index (χ1v) is 7.25. The van der Waals surface area contributed by atoms with E-state index < -0.39 is 34.6 Å². The summed E-state index contributed by atoms with van der Waals surface area (Å²) in [5.41, 5.74) is -2.00. The predicted molar refractivity (Wildman–Crippen MR) is 79.5 cm³/mol. The van der Waals surface area contributed by atoms with Crippen LogP contribution in [0.15, 0.2) is 18.2 Å². The van der Waals surface area contributed by atoms with Crippen molar-refractivity contribution in [1.82, 2.24) is 5.32 Å². The smallest absolute Gasteiger partial charge is 0.334 e. The van der Waals surface area contributed by atoms with E-state index in [4.69, 9.17) is 9.47 Å². The van der Waals surface area contributed by atoms with Crippen LogP contribution in [0, 0.1) is 5.82 Å². The van der Waals surface area contributed by atoms with Crippen LogP contribution in [0.25, 0.3) is 0 Å². The average molecular weight is 325 g/mol. The molecule has 2 N–H and O–H groups in total. The number of carbonyl (C=O) groups is 2. The number of ether oxygens (including phenoxy) is 2. The molecule has 2 rings (SSSR count). The highest BCUT2D eigenvalue weighted by Crippen LogP contribution is 2.24. The van der Waals surface area contributed by atoms with Crippen LogP contribution in [-0.2, 0) is 14.3 Å². The second kappa shape index (κ2) is 6.16. The highest BCUT2D eigenvalue weighted by Gasteiger charge is 2.46. The predicted octanol–water partition coefficient (Wildman–Crippen LogP) is 1.76.